The molecule has 16 heavy (non-hydrogen) atoms. The van der Waals surface area contributed by atoms with Crippen LogP contribution in [0.15, 0.2) is 6.07 Å². The molecule has 1 unspecified atom stereocenters. The topological polar surface area (TPSA) is 83.8 Å². The fraction of sp³-hybridized carbons (Fsp3) is 0.636. The van der Waals surface area contributed by atoms with Crippen LogP contribution < -0.4 is 11.1 Å². The predicted octanol–water partition coefficient (Wildman–Crippen LogP) is 1.43. The maximum Gasteiger partial charge on any atom is 0.245 e. The van der Waals surface area contributed by atoms with Gasteiger partial charge in [0.05, 0.1) is 5.54 Å². The molecule has 0 aromatic carbocycles. The molecule has 0 saturated carbocycles. The van der Waals surface area contributed by atoms with Crippen LogP contribution in [0.25, 0.3) is 0 Å². The maximum absolute atomic E-state index is 11.7. The van der Waals surface area contributed by atoms with Gasteiger partial charge in [0.15, 0.2) is 5.82 Å². The number of anilines is 1. The lowest BCUT2D eigenvalue weighted by atomic mass is 10.00. The van der Waals surface area contributed by atoms with Crippen molar-refractivity contribution in [3.63, 3.8) is 0 Å². The van der Waals surface area contributed by atoms with E-state index >= 15 is 0 Å². The SMILES string of the molecule is CCCc1cc(NC(=O)C(C)(N)CC)n[nH]1. The van der Waals surface area contributed by atoms with E-state index in [-0.39, 0.29) is 5.91 Å². The normalized spacial score (nSPS) is 14.5. The van der Waals surface area contributed by atoms with E-state index in [1.165, 1.54) is 0 Å². The average Bonchev–Trinajstić information content (AvgIpc) is 2.66. The van der Waals surface area contributed by atoms with Gasteiger partial charge in [-0.25, -0.2) is 0 Å². The van der Waals surface area contributed by atoms with Gasteiger partial charge < -0.3 is 11.1 Å². The third-order valence-corrected chi connectivity index (χ3v) is 2.65. The fourth-order valence-electron chi connectivity index (χ4n) is 1.24. The minimum atomic E-state index is -0.843. The second-order valence-electron chi connectivity index (χ2n) is 4.25. The molecule has 1 atom stereocenters. The molecule has 0 aliphatic carbocycles. The molecule has 0 aliphatic heterocycles. The number of carbonyl (C=O) groups is 1. The van der Waals surface area contributed by atoms with Gasteiger partial charge in [-0.2, -0.15) is 5.10 Å². The van der Waals surface area contributed by atoms with Crippen molar-refractivity contribution >= 4 is 11.7 Å². The smallest absolute Gasteiger partial charge is 0.245 e. The van der Waals surface area contributed by atoms with Crippen LogP contribution >= 0.6 is 0 Å². The Hall–Kier alpha value is -1.36. The van der Waals surface area contributed by atoms with Crippen molar-refractivity contribution in [3.8, 4) is 0 Å². The molecule has 0 spiro atoms. The lowest BCUT2D eigenvalue weighted by Gasteiger charge is -2.20. The van der Waals surface area contributed by atoms with Crippen molar-refractivity contribution in [2.75, 3.05) is 5.32 Å². The first-order valence-electron chi connectivity index (χ1n) is 5.64. The Morgan fingerprint density at radius 2 is 2.31 bits per heavy atom. The zero-order valence-corrected chi connectivity index (χ0v) is 10.1. The zero-order valence-electron chi connectivity index (χ0n) is 10.1. The number of nitrogens with one attached hydrogen (secondary N) is 2. The number of hydrogen-bond acceptors (Lipinski definition) is 3. The Morgan fingerprint density at radius 3 is 2.88 bits per heavy atom. The molecule has 1 amide bonds. The number of nitrogens with zero attached hydrogens (tertiary/aromatic N) is 1. The van der Waals surface area contributed by atoms with Crippen LogP contribution in [0.1, 0.15) is 39.3 Å². The van der Waals surface area contributed by atoms with Gasteiger partial charge in [0.1, 0.15) is 0 Å². The molecule has 1 aromatic heterocycles. The summed E-state index contributed by atoms with van der Waals surface area (Å²) in [6.45, 7) is 5.68. The van der Waals surface area contributed by atoms with Crippen molar-refractivity contribution in [3.05, 3.63) is 11.8 Å². The lowest BCUT2D eigenvalue weighted by molar-refractivity contribution is -0.120. The number of aryl methyl sites for hydroxylation is 1. The van der Waals surface area contributed by atoms with Gasteiger partial charge in [-0.15, -0.1) is 0 Å². The summed E-state index contributed by atoms with van der Waals surface area (Å²) in [7, 11) is 0. The number of aromatic nitrogens is 2. The molecule has 1 heterocycles. The second kappa shape index (κ2) is 5.12. The zero-order chi connectivity index (χ0) is 12.2. The molecule has 0 radical (unpaired) electrons. The number of H-pyrrole nitrogens is 1. The quantitative estimate of drug-likeness (QED) is 0.707. The van der Waals surface area contributed by atoms with Crippen molar-refractivity contribution < 1.29 is 4.79 Å². The van der Waals surface area contributed by atoms with Gasteiger partial charge >= 0.3 is 0 Å². The summed E-state index contributed by atoms with van der Waals surface area (Å²) in [6, 6.07) is 1.84. The highest BCUT2D eigenvalue weighted by Crippen LogP contribution is 2.11. The highest BCUT2D eigenvalue weighted by molar-refractivity contribution is 5.96. The van der Waals surface area contributed by atoms with Gasteiger partial charge in [-0.1, -0.05) is 20.3 Å². The van der Waals surface area contributed by atoms with E-state index in [2.05, 4.69) is 22.4 Å². The summed E-state index contributed by atoms with van der Waals surface area (Å²) in [6.07, 6.45) is 2.56. The predicted molar refractivity (Wildman–Crippen MR) is 64.1 cm³/mol. The first-order valence-corrected chi connectivity index (χ1v) is 5.64. The summed E-state index contributed by atoms with van der Waals surface area (Å²) in [4.78, 5) is 11.7. The van der Waals surface area contributed by atoms with E-state index in [4.69, 9.17) is 5.73 Å². The largest absolute Gasteiger partial charge is 0.318 e. The van der Waals surface area contributed by atoms with Crippen LogP contribution in [0.5, 0.6) is 0 Å². The lowest BCUT2D eigenvalue weighted by Crippen LogP contribution is -2.47. The summed E-state index contributed by atoms with van der Waals surface area (Å²) in [5, 5.41) is 9.59. The Morgan fingerprint density at radius 1 is 1.62 bits per heavy atom. The number of rotatable bonds is 5. The summed E-state index contributed by atoms with van der Waals surface area (Å²) < 4.78 is 0. The first-order chi connectivity index (χ1) is 7.49. The van der Waals surface area contributed by atoms with Crippen molar-refractivity contribution in [2.24, 2.45) is 5.73 Å². The molecule has 1 aromatic rings. The molecule has 0 bridgehead atoms. The third kappa shape index (κ3) is 3.06. The fourth-order valence-corrected chi connectivity index (χ4v) is 1.24. The Bertz CT molecular complexity index is 357. The number of carbonyl (C=O) groups excluding carboxylic acids is 1. The number of hydrogen-bond donors (Lipinski definition) is 3. The highest BCUT2D eigenvalue weighted by atomic mass is 16.2. The monoisotopic (exact) mass is 224 g/mol. The number of nitrogens with two attached hydrogens (primary N) is 1. The van der Waals surface area contributed by atoms with Gasteiger partial charge in [0.25, 0.3) is 0 Å². The summed E-state index contributed by atoms with van der Waals surface area (Å²) in [5.41, 5.74) is 6.00. The molecular weight excluding hydrogens is 204 g/mol. The van der Waals surface area contributed by atoms with Crippen molar-refractivity contribution in [1.29, 1.82) is 0 Å². The molecular formula is C11H20N4O. The molecule has 5 heteroatoms. The van der Waals surface area contributed by atoms with Gasteiger partial charge in [-0.3, -0.25) is 9.89 Å². The first kappa shape index (κ1) is 12.7. The van der Waals surface area contributed by atoms with Crippen LogP contribution in [0.4, 0.5) is 5.82 Å². The Kier molecular flexibility index (Phi) is 4.06. The van der Waals surface area contributed by atoms with E-state index in [0.29, 0.717) is 12.2 Å². The average molecular weight is 224 g/mol. The van der Waals surface area contributed by atoms with Crippen molar-refractivity contribution in [2.45, 2.75) is 45.6 Å². The molecule has 1 rings (SSSR count). The Labute approximate surface area is 95.8 Å². The molecule has 5 nitrogen and oxygen atoms in total. The third-order valence-electron chi connectivity index (χ3n) is 2.65. The van der Waals surface area contributed by atoms with Crippen LogP contribution in [0.2, 0.25) is 0 Å². The maximum atomic E-state index is 11.7. The number of aromatic amines is 1. The number of amides is 1. The summed E-state index contributed by atoms with van der Waals surface area (Å²) in [5.74, 6) is 0.336. The highest BCUT2D eigenvalue weighted by Gasteiger charge is 2.26. The van der Waals surface area contributed by atoms with Gasteiger partial charge in [0, 0.05) is 11.8 Å². The van der Waals surface area contributed by atoms with Crippen LogP contribution in [0.3, 0.4) is 0 Å². The molecule has 0 aliphatic rings. The summed E-state index contributed by atoms with van der Waals surface area (Å²) >= 11 is 0. The minimum absolute atomic E-state index is 0.204. The van der Waals surface area contributed by atoms with Crippen LogP contribution in [-0.4, -0.2) is 21.6 Å². The molecule has 0 saturated heterocycles. The van der Waals surface area contributed by atoms with E-state index in [1.807, 2.05) is 13.0 Å². The van der Waals surface area contributed by atoms with Crippen molar-refractivity contribution in [1.82, 2.24) is 10.2 Å². The standard InChI is InChI=1S/C11H20N4O/c1-4-6-8-7-9(15-14-8)13-10(16)11(3,12)5-2/h7H,4-6,12H2,1-3H3,(H2,13,14,15,16). The van der Waals surface area contributed by atoms with Gasteiger partial charge in [0.2, 0.25) is 5.91 Å². The van der Waals surface area contributed by atoms with E-state index < -0.39 is 5.54 Å². The minimum Gasteiger partial charge on any atom is -0.318 e. The second-order valence-corrected chi connectivity index (χ2v) is 4.25. The van der Waals surface area contributed by atoms with Gasteiger partial charge in [-0.05, 0) is 19.8 Å². The Balaban J connectivity index is 2.63. The van der Waals surface area contributed by atoms with E-state index in [0.717, 1.165) is 18.5 Å². The van der Waals surface area contributed by atoms with Crippen LogP contribution in [0, 0.1) is 0 Å². The molecule has 90 valence electrons. The van der Waals surface area contributed by atoms with E-state index in [9.17, 15) is 4.79 Å². The van der Waals surface area contributed by atoms with E-state index in [1.54, 1.807) is 6.92 Å². The molecule has 4 N–H and O–H groups in total. The molecule has 0 fully saturated rings. The van der Waals surface area contributed by atoms with Crippen LogP contribution in [-0.2, 0) is 11.2 Å².